The summed E-state index contributed by atoms with van der Waals surface area (Å²) in [5, 5.41) is 15.6. The van der Waals surface area contributed by atoms with Crippen LogP contribution < -0.4 is 10.9 Å². The Bertz CT molecular complexity index is 1130. The molecule has 0 aliphatic heterocycles. The number of nitrogens with zero attached hydrogens (tertiary/aromatic N) is 3. The predicted molar refractivity (Wildman–Crippen MR) is 115 cm³/mol. The van der Waals surface area contributed by atoms with Crippen molar-refractivity contribution in [1.82, 2.24) is 24.9 Å². The number of allylic oxidation sites excluding steroid dienone is 5. The minimum Gasteiger partial charge on any atom is -0.513 e. The predicted octanol–water partition coefficient (Wildman–Crippen LogP) is 3.09. The van der Waals surface area contributed by atoms with Crippen LogP contribution in [0.2, 0.25) is 0 Å². The monoisotopic (exact) mass is 391 g/mol. The second kappa shape index (κ2) is 9.16. The van der Waals surface area contributed by atoms with Gasteiger partial charge < -0.3 is 10.4 Å². The number of hydrogen-bond donors (Lipinski definition) is 3. The molecule has 0 atom stereocenters. The molecule has 3 N–H and O–H groups in total. The minimum absolute atomic E-state index is 0.162. The fourth-order valence-electron chi connectivity index (χ4n) is 2.93. The molecule has 1 aromatic carbocycles. The fraction of sp³-hybridized carbons (Fsp3) is 0.227. The molecule has 7 heteroatoms. The van der Waals surface area contributed by atoms with E-state index in [4.69, 9.17) is 0 Å². The van der Waals surface area contributed by atoms with E-state index in [-0.39, 0.29) is 11.3 Å². The van der Waals surface area contributed by atoms with Gasteiger partial charge >= 0.3 is 0 Å². The number of hydrogen-bond acceptors (Lipinski definition) is 5. The molecular formula is C22H25N5O2. The molecule has 150 valence electrons. The van der Waals surface area contributed by atoms with E-state index in [1.807, 2.05) is 12.1 Å². The van der Waals surface area contributed by atoms with Crippen molar-refractivity contribution in [2.24, 2.45) is 0 Å². The minimum atomic E-state index is -0.234. The summed E-state index contributed by atoms with van der Waals surface area (Å²) in [6, 6.07) is 9.79. The quantitative estimate of drug-likeness (QED) is 0.312. The van der Waals surface area contributed by atoms with Gasteiger partial charge in [-0.2, -0.15) is 9.50 Å². The largest absolute Gasteiger partial charge is 0.513 e. The maximum Gasteiger partial charge on any atom is 0.274 e. The van der Waals surface area contributed by atoms with Gasteiger partial charge in [0.05, 0.1) is 11.5 Å². The first-order valence-corrected chi connectivity index (χ1v) is 9.42. The highest BCUT2D eigenvalue weighted by atomic mass is 16.3. The molecule has 2 heterocycles. The Labute approximate surface area is 169 Å². The van der Waals surface area contributed by atoms with E-state index in [2.05, 4.69) is 46.0 Å². The van der Waals surface area contributed by atoms with E-state index in [0.717, 1.165) is 13.0 Å². The highest BCUT2D eigenvalue weighted by Crippen LogP contribution is 2.12. The molecule has 2 aromatic heterocycles. The number of fused-ring (bicyclic) bond motifs is 1. The first kappa shape index (κ1) is 20.3. The molecule has 0 spiro atoms. The zero-order chi connectivity index (χ0) is 20.8. The van der Waals surface area contributed by atoms with Crippen molar-refractivity contribution < 1.29 is 5.11 Å². The number of H-pyrrole nitrogens is 1. The molecular weight excluding hydrogens is 366 g/mol. The van der Waals surface area contributed by atoms with Gasteiger partial charge in [-0.15, -0.1) is 0 Å². The van der Waals surface area contributed by atoms with E-state index >= 15 is 0 Å². The summed E-state index contributed by atoms with van der Waals surface area (Å²) in [7, 11) is 0. The van der Waals surface area contributed by atoms with Crippen LogP contribution in [0.25, 0.3) is 11.4 Å². The Morgan fingerprint density at radius 2 is 2.10 bits per heavy atom. The molecule has 3 rings (SSSR count). The lowest BCUT2D eigenvalue weighted by atomic mass is 10.1. The summed E-state index contributed by atoms with van der Waals surface area (Å²) >= 11 is 0. The third kappa shape index (κ3) is 5.08. The van der Waals surface area contributed by atoms with Gasteiger partial charge in [-0.05, 0) is 50.1 Å². The van der Waals surface area contributed by atoms with Crippen LogP contribution in [-0.4, -0.2) is 31.2 Å². The van der Waals surface area contributed by atoms with Crippen molar-refractivity contribution in [3.05, 3.63) is 93.9 Å². The highest BCUT2D eigenvalue weighted by Gasteiger charge is 2.10. The second-order valence-electron chi connectivity index (χ2n) is 6.78. The SMILES string of the molecule is C=C/C(=C\C=C(/C)O)c1nc2nc(CNCCc3ccccc3C)cc(=O)n2[nH]1. The molecule has 0 saturated carbocycles. The van der Waals surface area contributed by atoms with Crippen molar-refractivity contribution in [2.45, 2.75) is 26.8 Å². The second-order valence-corrected chi connectivity index (χ2v) is 6.78. The normalized spacial score (nSPS) is 12.5. The first-order valence-electron chi connectivity index (χ1n) is 9.42. The Hall–Kier alpha value is -3.45. The van der Waals surface area contributed by atoms with E-state index in [0.29, 0.717) is 29.4 Å². The lowest BCUT2D eigenvalue weighted by molar-refractivity contribution is 0.414. The maximum absolute atomic E-state index is 12.4. The Morgan fingerprint density at radius 1 is 1.31 bits per heavy atom. The van der Waals surface area contributed by atoms with Crippen molar-refractivity contribution in [1.29, 1.82) is 0 Å². The van der Waals surface area contributed by atoms with Crippen molar-refractivity contribution in [3.63, 3.8) is 0 Å². The van der Waals surface area contributed by atoms with Crippen LogP contribution >= 0.6 is 0 Å². The summed E-state index contributed by atoms with van der Waals surface area (Å²) in [5.74, 6) is 0.905. The summed E-state index contributed by atoms with van der Waals surface area (Å²) in [4.78, 5) is 21.3. The van der Waals surface area contributed by atoms with E-state index in [1.165, 1.54) is 27.8 Å². The van der Waals surface area contributed by atoms with Crippen LogP contribution in [0, 0.1) is 6.92 Å². The van der Waals surface area contributed by atoms with Crippen LogP contribution in [0.3, 0.4) is 0 Å². The molecule has 0 aliphatic carbocycles. The molecule has 0 amide bonds. The number of aliphatic hydroxyl groups excluding tert-OH is 1. The van der Waals surface area contributed by atoms with Crippen LogP contribution in [0.1, 0.15) is 29.6 Å². The zero-order valence-electron chi connectivity index (χ0n) is 16.6. The van der Waals surface area contributed by atoms with Gasteiger partial charge in [0.25, 0.3) is 11.3 Å². The van der Waals surface area contributed by atoms with Crippen molar-refractivity contribution in [2.75, 3.05) is 6.54 Å². The molecule has 29 heavy (non-hydrogen) atoms. The van der Waals surface area contributed by atoms with Gasteiger partial charge in [0.15, 0.2) is 5.82 Å². The Morgan fingerprint density at radius 3 is 2.83 bits per heavy atom. The maximum atomic E-state index is 12.4. The van der Waals surface area contributed by atoms with Gasteiger partial charge in [0, 0.05) is 18.2 Å². The third-order valence-electron chi connectivity index (χ3n) is 4.52. The molecule has 0 unspecified atom stereocenters. The molecule has 0 radical (unpaired) electrons. The summed E-state index contributed by atoms with van der Waals surface area (Å²) in [5.41, 5.74) is 3.61. The summed E-state index contributed by atoms with van der Waals surface area (Å²) in [6.45, 7) is 8.69. The highest BCUT2D eigenvalue weighted by molar-refractivity contribution is 5.71. The standard InChI is InChI=1S/C22H25N5O2/c1-4-17(10-9-16(3)28)21-25-22-24-19(13-20(29)27(22)26-21)14-23-12-11-18-8-6-5-7-15(18)2/h4-10,13,23,28H,1,11-12,14H2,2-3H3,(H,24,25,26)/b16-9+,17-10+. The van der Waals surface area contributed by atoms with Gasteiger partial charge in [-0.1, -0.05) is 36.9 Å². The molecule has 0 saturated heterocycles. The van der Waals surface area contributed by atoms with Crippen molar-refractivity contribution in [3.8, 4) is 0 Å². The van der Waals surface area contributed by atoms with Crippen LogP contribution in [0.15, 0.2) is 65.7 Å². The Kier molecular flexibility index (Phi) is 6.41. The average molecular weight is 391 g/mol. The van der Waals surface area contributed by atoms with Gasteiger partial charge in [0.1, 0.15) is 0 Å². The molecule has 0 bridgehead atoms. The molecule has 0 fully saturated rings. The van der Waals surface area contributed by atoms with Gasteiger partial charge in [-0.3, -0.25) is 9.89 Å². The van der Waals surface area contributed by atoms with E-state index < -0.39 is 0 Å². The molecule has 3 aromatic rings. The summed E-state index contributed by atoms with van der Waals surface area (Å²) in [6.07, 6.45) is 5.70. The third-order valence-corrected chi connectivity index (χ3v) is 4.52. The number of rotatable bonds is 8. The van der Waals surface area contributed by atoms with E-state index in [1.54, 1.807) is 19.1 Å². The van der Waals surface area contributed by atoms with Gasteiger partial charge in [0.2, 0.25) is 0 Å². The number of benzene rings is 1. The number of nitrogens with one attached hydrogen (secondary N) is 2. The molecule has 7 nitrogen and oxygen atoms in total. The fourth-order valence-corrected chi connectivity index (χ4v) is 2.93. The topological polar surface area (TPSA) is 95.3 Å². The van der Waals surface area contributed by atoms with E-state index in [9.17, 15) is 9.90 Å². The van der Waals surface area contributed by atoms with Crippen LogP contribution in [-0.2, 0) is 13.0 Å². The van der Waals surface area contributed by atoms with Crippen molar-refractivity contribution >= 4 is 11.4 Å². The average Bonchev–Trinajstić information content (AvgIpc) is 3.11. The molecule has 0 aliphatic rings. The van der Waals surface area contributed by atoms with Crippen LogP contribution in [0.5, 0.6) is 0 Å². The first-order chi connectivity index (χ1) is 14.0. The summed E-state index contributed by atoms with van der Waals surface area (Å²) < 4.78 is 1.29. The van der Waals surface area contributed by atoms with Gasteiger partial charge in [-0.25, -0.2) is 4.98 Å². The lowest BCUT2D eigenvalue weighted by Crippen LogP contribution is -2.21. The smallest absolute Gasteiger partial charge is 0.274 e. The number of aromatic nitrogens is 4. The number of aliphatic hydroxyl groups is 1. The number of aryl methyl sites for hydroxylation is 1. The lowest BCUT2D eigenvalue weighted by Gasteiger charge is -2.07. The Balaban J connectivity index is 1.73. The number of aromatic amines is 1. The van der Waals surface area contributed by atoms with Crippen LogP contribution in [0.4, 0.5) is 0 Å². The zero-order valence-corrected chi connectivity index (χ0v) is 16.6.